The van der Waals surface area contributed by atoms with Crippen LogP contribution in [-0.2, 0) is 0 Å². The molecule has 8 heteroatoms. The number of fused-ring (bicyclic) bond motifs is 1. The number of anilines is 1. The van der Waals surface area contributed by atoms with Crippen LogP contribution < -0.4 is 9.64 Å². The van der Waals surface area contributed by atoms with Gasteiger partial charge in [0.1, 0.15) is 11.3 Å². The minimum absolute atomic E-state index is 0.0469. The normalized spacial score (nSPS) is 23.5. The summed E-state index contributed by atoms with van der Waals surface area (Å²) in [6.07, 6.45) is 0. The second-order valence-electron chi connectivity index (χ2n) is 8.02. The van der Waals surface area contributed by atoms with Gasteiger partial charge in [-0.1, -0.05) is 12.1 Å². The molecule has 0 N–H and O–H groups in total. The highest BCUT2D eigenvalue weighted by Gasteiger charge is 2.72. The van der Waals surface area contributed by atoms with Crippen molar-refractivity contribution in [2.45, 2.75) is 11.6 Å². The van der Waals surface area contributed by atoms with Crippen LogP contribution in [0.25, 0.3) is 0 Å². The Balaban J connectivity index is 1.49. The monoisotopic (exact) mass is 541 g/mol. The first-order valence-corrected chi connectivity index (χ1v) is 11.2. The molecule has 2 aliphatic rings. The van der Waals surface area contributed by atoms with Gasteiger partial charge in [0.2, 0.25) is 0 Å². The molecule has 2 aliphatic heterocycles. The molecule has 5 rings (SSSR count). The summed E-state index contributed by atoms with van der Waals surface area (Å²) in [5.41, 5.74) is 1.96. The van der Waals surface area contributed by atoms with Gasteiger partial charge in [0.15, 0.2) is 5.78 Å². The van der Waals surface area contributed by atoms with Crippen LogP contribution in [0.5, 0.6) is 5.75 Å². The van der Waals surface area contributed by atoms with Crippen molar-refractivity contribution in [1.82, 2.24) is 4.90 Å². The number of Topliss-reactive ketones (excluding diaryl/α,β-unsaturated/α-hetero) is 1. The minimum atomic E-state index is -0.701. The van der Waals surface area contributed by atoms with Gasteiger partial charge in [-0.25, -0.2) is 0 Å². The Labute approximate surface area is 198 Å². The van der Waals surface area contributed by atoms with Gasteiger partial charge in [0.25, 0.3) is 5.69 Å². The first kappa shape index (κ1) is 20.9. The zero-order chi connectivity index (χ0) is 22.5. The SMILES string of the molecule is COc1ccc(C(=O)[C@@]23CN(c4ccc(I)cc4)CN2[C@H]3c2ccc([N+](=O)[O-])cc2)cc1. The lowest BCUT2D eigenvalue weighted by molar-refractivity contribution is -0.384. The molecule has 0 spiro atoms. The number of rotatable bonds is 6. The maximum atomic E-state index is 13.8. The zero-order valence-corrected chi connectivity index (χ0v) is 19.4. The van der Waals surface area contributed by atoms with Crippen molar-refractivity contribution in [2.24, 2.45) is 0 Å². The third kappa shape index (κ3) is 3.34. The Hall–Kier alpha value is -2.98. The highest BCUT2D eigenvalue weighted by molar-refractivity contribution is 14.1. The summed E-state index contributed by atoms with van der Waals surface area (Å²) in [4.78, 5) is 28.8. The summed E-state index contributed by atoms with van der Waals surface area (Å²) in [5.74, 6) is 0.752. The van der Waals surface area contributed by atoms with Gasteiger partial charge in [0.05, 0.1) is 24.7 Å². The number of nitro groups is 1. The molecule has 32 heavy (non-hydrogen) atoms. The Morgan fingerprint density at radius 1 is 1.06 bits per heavy atom. The molecule has 3 aromatic carbocycles. The van der Waals surface area contributed by atoms with Crippen molar-refractivity contribution in [3.8, 4) is 5.75 Å². The second-order valence-corrected chi connectivity index (χ2v) is 9.26. The van der Waals surface area contributed by atoms with Crippen molar-refractivity contribution >= 4 is 39.7 Å². The molecule has 2 saturated heterocycles. The van der Waals surface area contributed by atoms with Crippen molar-refractivity contribution in [2.75, 3.05) is 25.2 Å². The third-order valence-electron chi connectivity index (χ3n) is 6.32. The van der Waals surface area contributed by atoms with E-state index in [0.717, 1.165) is 14.8 Å². The average Bonchev–Trinajstić information content (AvgIpc) is 3.28. The van der Waals surface area contributed by atoms with E-state index in [1.54, 1.807) is 43.5 Å². The fourth-order valence-corrected chi connectivity index (χ4v) is 5.04. The number of hydrogen-bond acceptors (Lipinski definition) is 6. The van der Waals surface area contributed by atoms with E-state index >= 15 is 0 Å². The van der Waals surface area contributed by atoms with Gasteiger partial charge in [-0.15, -0.1) is 0 Å². The van der Waals surface area contributed by atoms with Crippen molar-refractivity contribution in [1.29, 1.82) is 0 Å². The summed E-state index contributed by atoms with van der Waals surface area (Å²) in [6, 6.07) is 21.9. The lowest BCUT2D eigenvalue weighted by Gasteiger charge is -2.24. The van der Waals surface area contributed by atoms with Crippen LogP contribution in [0.3, 0.4) is 0 Å². The molecule has 162 valence electrons. The first-order valence-electron chi connectivity index (χ1n) is 10.1. The number of carbonyl (C=O) groups excluding carboxylic acids is 1. The Morgan fingerprint density at radius 3 is 2.31 bits per heavy atom. The van der Waals surface area contributed by atoms with Gasteiger partial charge in [-0.05, 0) is 76.7 Å². The fraction of sp³-hybridized carbons (Fsp3) is 0.208. The fourth-order valence-electron chi connectivity index (χ4n) is 4.68. The predicted octanol–water partition coefficient (Wildman–Crippen LogP) is 4.66. The molecule has 0 saturated carbocycles. The second kappa shape index (κ2) is 7.86. The molecule has 0 aliphatic carbocycles. The van der Waals surface area contributed by atoms with Crippen LogP contribution in [0.2, 0.25) is 0 Å². The molecular formula is C24H20IN3O4. The largest absolute Gasteiger partial charge is 0.497 e. The summed E-state index contributed by atoms with van der Waals surface area (Å²) in [5, 5.41) is 11.0. The van der Waals surface area contributed by atoms with E-state index in [1.165, 1.54) is 12.1 Å². The Bertz CT molecular complexity index is 1180. The van der Waals surface area contributed by atoms with Crippen LogP contribution >= 0.6 is 22.6 Å². The lowest BCUT2D eigenvalue weighted by atomic mass is 9.90. The average molecular weight is 541 g/mol. The summed E-state index contributed by atoms with van der Waals surface area (Å²) in [6.45, 7) is 1.17. The van der Waals surface area contributed by atoms with Crippen molar-refractivity contribution in [3.05, 3.63) is 97.6 Å². The molecule has 0 aromatic heterocycles. The summed E-state index contributed by atoms with van der Waals surface area (Å²) >= 11 is 2.28. The van der Waals surface area contributed by atoms with Crippen LogP contribution in [0.15, 0.2) is 72.8 Å². The van der Waals surface area contributed by atoms with E-state index in [-0.39, 0.29) is 17.5 Å². The number of non-ortho nitro benzene ring substituents is 1. The maximum Gasteiger partial charge on any atom is 0.269 e. The molecular weight excluding hydrogens is 521 g/mol. The zero-order valence-electron chi connectivity index (χ0n) is 17.3. The minimum Gasteiger partial charge on any atom is -0.497 e. The lowest BCUT2D eigenvalue weighted by Crippen LogP contribution is -2.35. The van der Waals surface area contributed by atoms with E-state index < -0.39 is 10.5 Å². The highest BCUT2D eigenvalue weighted by atomic mass is 127. The molecule has 7 nitrogen and oxygen atoms in total. The van der Waals surface area contributed by atoms with Crippen molar-refractivity contribution in [3.63, 3.8) is 0 Å². The van der Waals surface area contributed by atoms with Gasteiger partial charge in [-0.3, -0.25) is 19.8 Å². The molecule has 2 heterocycles. The molecule has 3 atom stereocenters. The number of methoxy groups -OCH3 is 1. The number of ketones is 1. The van der Waals surface area contributed by atoms with Crippen LogP contribution in [0, 0.1) is 13.7 Å². The van der Waals surface area contributed by atoms with E-state index in [4.69, 9.17) is 4.74 Å². The topological polar surface area (TPSA) is 75.7 Å². The quantitative estimate of drug-likeness (QED) is 0.149. The first-order chi connectivity index (χ1) is 15.4. The van der Waals surface area contributed by atoms with Crippen LogP contribution in [0.1, 0.15) is 22.0 Å². The van der Waals surface area contributed by atoms with E-state index in [0.29, 0.717) is 24.5 Å². The maximum absolute atomic E-state index is 13.8. The molecule has 0 bridgehead atoms. The highest BCUT2D eigenvalue weighted by Crippen LogP contribution is 2.59. The number of ether oxygens (including phenoxy) is 1. The number of nitro benzene ring substituents is 1. The molecule has 0 amide bonds. The van der Waals surface area contributed by atoms with Crippen molar-refractivity contribution < 1.29 is 14.5 Å². The summed E-state index contributed by atoms with van der Waals surface area (Å²) in [7, 11) is 1.60. The number of halogens is 1. The van der Waals surface area contributed by atoms with E-state index in [1.807, 2.05) is 0 Å². The number of benzene rings is 3. The van der Waals surface area contributed by atoms with E-state index in [2.05, 4.69) is 56.7 Å². The Morgan fingerprint density at radius 2 is 1.72 bits per heavy atom. The van der Waals surface area contributed by atoms with Gasteiger partial charge >= 0.3 is 0 Å². The molecule has 2 fully saturated rings. The molecule has 3 aromatic rings. The van der Waals surface area contributed by atoms with Crippen LogP contribution in [-0.4, -0.2) is 41.5 Å². The smallest absolute Gasteiger partial charge is 0.269 e. The van der Waals surface area contributed by atoms with Crippen LogP contribution in [0.4, 0.5) is 11.4 Å². The van der Waals surface area contributed by atoms with E-state index in [9.17, 15) is 14.9 Å². The standard InChI is InChI=1S/C24H20IN3O4/c1-32-21-12-4-17(5-13-21)23(29)24-14-26(19-10-6-18(25)7-11-19)15-27(24)22(24)16-2-8-20(9-3-16)28(30)31/h2-13,22H,14-15H2,1H3/t22-,24-,27?/m0/s1. The molecule has 0 radical (unpaired) electrons. The molecule has 1 unspecified atom stereocenters. The third-order valence-corrected chi connectivity index (χ3v) is 7.04. The summed E-state index contributed by atoms with van der Waals surface area (Å²) < 4.78 is 6.39. The number of carbonyl (C=O) groups is 1. The van der Waals surface area contributed by atoms with Gasteiger partial charge < -0.3 is 9.64 Å². The predicted molar refractivity (Wildman–Crippen MR) is 129 cm³/mol. The van der Waals surface area contributed by atoms with Gasteiger partial charge in [0, 0.05) is 33.5 Å². The van der Waals surface area contributed by atoms with Gasteiger partial charge in [-0.2, -0.15) is 0 Å². The number of nitrogens with zero attached hydrogens (tertiary/aromatic N) is 3. The Kier molecular flexibility index (Phi) is 5.13. The number of hydrogen-bond donors (Lipinski definition) is 0.